The highest BCUT2D eigenvalue weighted by Crippen LogP contribution is 2.28. The minimum absolute atomic E-state index is 0.313. The van der Waals surface area contributed by atoms with E-state index < -0.39 is 0 Å². The lowest BCUT2D eigenvalue weighted by Gasteiger charge is -2.38. The van der Waals surface area contributed by atoms with Gasteiger partial charge in [0.05, 0.1) is 0 Å². The molecule has 2 N–H and O–H groups in total. The molecule has 1 aliphatic heterocycles. The van der Waals surface area contributed by atoms with Crippen molar-refractivity contribution in [2.45, 2.75) is 59.0 Å². The normalized spacial score (nSPS) is 23.2. The number of nitrogens with zero attached hydrogens (tertiary/aromatic N) is 1. The molecule has 1 aliphatic rings. The molecule has 1 fully saturated rings. The van der Waals surface area contributed by atoms with Gasteiger partial charge in [0.2, 0.25) is 0 Å². The summed E-state index contributed by atoms with van der Waals surface area (Å²) >= 11 is 0. The molecule has 0 saturated carbocycles. The van der Waals surface area contributed by atoms with Crippen LogP contribution in [0.3, 0.4) is 0 Å². The maximum absolute atomic E-state index is 6.11. The van der Waals surface area contributed by atoms with Gasteiger partial charge >= 0.3 is 0 Å². The Morgan fingerprint density at radius 1 is 1.14 bits per heavy atom. The van der Waals surface area contributed by atoms with Crippen molar-refractivity contribution in [2.24, 2.45) is 17.6 Å². The van der Waals surface area contributed by atoms with E-state index in [1.54, 1.807) is 0 Å². The van der Waals surface area contributed by atoms with Gasteiger partial charge in [0.1, 0.15) is 0 Å². The average Bonchev–Trinajstić information content (AvgIpc) is 2.47. The Hall–Kier alpha value is -0.860. The van der Waals surface area contributed by atoms with Crippen molar-refractivity contribution in [3.05, 3.63) is 35.4 Å². The van der Waals surface area contributed by atoms with Crippen LogP contribution < -0.4 is 5.73 Å². The number of benzene rings is 1. The molecule has 0 amide bonds. The molecule has 2 rings (SSSR count). The van der Waals surface area contributed by atoms with Crippen LogP contribution in [-0.2, 0) is 6.42 Å². The van der Waals surface area contributed by atoms with Gasteiger partial charge in [-0.25, -0.2) is 0 Å². The molecule has 0 bridgehead atoms. The highest BCUT2D eigenvalue weighted by atomic mass is 15.2. The van der Waals surface area contributed by atoms with Crippen molar-refractivity contribution >= 4 is 0 Å². The monoisotopic (exact) mass is 288 g/mol. The van der Waals surface area contributed by atoms with Crippen LogP contribution in [0, 0.1) is 11.8 Å². The number of nitrogens with two attached hydrogens (primary N) is 1. The smallest absolute Gasteiger partial charge is 0.0320 e. The fraction of sp³-hybridized carbons (Fsp3) is 0.684. The van der Waals surface area contributed by atoms with Crippen molar-refractivity contribution < 1.29 is 0 Å². The molecule has 1 saturated heterocycles. The van der Waals surface area contributed by atoms with Crippen LogP contribution in [0.15, 0.2) is 24.3 Å². The lowest BCUT2D eigenvalue weighted by atomic mass is 9.90. The highest BCUT2D eigenvalue weighted by Gasteiger charge is 2.26. The molecule has 0 spiro atoms. The minimum Gasteiger partial charge on any atom is -0.328 e. The molecule has 1 aromatic rings. The summed E-state index contributed by atoms with van der Waals surface area (Å²) in [4.78, 5) is 2.61. The summed E-state index contributed by atoms with van der Waals surface area (Å²) in [7, 11) is 0. The fourth-order valence-electron chi connectivity index (χ4n) is 3.44. The summed E-state index contributed by atoms with van der Waals surface area (Å²) in [5.41, 5.74) is 9.00. The number of hydrogen-bond donors (Lipinski definition) is 1. The van der Waals surface area contributed by atoms with Gasteiger partial charge in [-0.3, -0.25) is 4.90 Å². The van der Waals surface area contributed by atoms with Crippen LogP contribution in [0.5, 0.6) is 0 Å². The molecule has 118 valence electrons. The standard InChI is InChI=1S/C19H32N2/c1-14(2)12-17-7-9-18(10-8-17)16(4)21-11-5-6-19(13-21)15(3)20/h7-10,14-16,19H,5-6,11-13,20H2,1-4H3. The first kappa shape index (κ1) is 16.5. The number of piperidine rings is 1. The summed E-state index contributed by atoms with van der Waals surface area (Å²) in [6.07, 6.45) is 3.74. The molecule has 0 aliphatic carbocycles. The van der Waals surface area contributed by atoms with Gasteiger partial charge in [0.15, 0.2) is 0 Å². The Morgan fingerprint density at radius 3 is 2.38 bits per heavy atom. The third kappa shape index (κ3) is 4.55. The van der Waals surface area contributed by atoms with Gasteiger partial charge in [-0.2, -0.15) is 0 Å². The minimum atomic E-state index is 0.313. The van der Waals surface area contributed by atoms with Gasteiger partial charge in [-0.05, 0) is 62.6 Å². The van der Waals surface area contributed by atoms with Gasteiger partial charge in [0, 0.05) is 18.6 Å². The Bertz CT molecular complexity index is 422. The first-order chi connectivity index (χ1) is 9.97. The van der Waals surface area contributed by atoms with Crippen molar-refractivity contribution in [3.63, 3.8) is 0 Å². The van der Waals surface area contributed by atoms with Crippen LogP contribution in [0.4, 0.5) is 0 Å². The zero-order chi connectivity index (χ0) is 15.4. The van der Waals surface area contributed by atoms with Gasteiger partial charge in [0.25, 0.3) is 0 Å². The average molecular weight is 288 g/mol. The third-order valence-electron chi connectivity index (χ3n) is 4.89. The topological polar surface area (TPSA) is 29.3 Å². The Labute approximate surface area is 130 Å². The van der Waals surface area contributed by atoms with Crippen molar-refractivity contribution in [1.29, 1.82) is 0 Å². The quantitative estimate of drug-likeness (QED) is 0.887. The highest BCUT2D eigenvalue weighted by molar-refractivity contribution is 5.25. The van der Waals surface area contributed by atoms with E-state index in [9.17, 15) is 0 Å². The molecule has 21 heavy (non-hydrogen) atoms. The summed E-state index contributed by atoms with van der Waals surface area (Å²) in [6.45, 7) is 11.4. The lowest BCUT2D eigenvalue weighted by Crippen LogP contribution is -2.43. The molecule has 3 atom stereocenters. The Kier molecular flexibility index (Phi) is 5.83. The van der Waals surface area contributed by atoms with Gasteiger partial charge < -0.3 is 5.73 Å². The molecule has 2 heteroatoms. The summed E-state index contributed by atoms with van der Waals surface area (Å²) in [5.74, 6) is 1.38. The lowest BCUT2D eigenvalue weighted by molar-refractivity contribution is 0.121. The largest absolute Gasteiger partial charge is 0.328 e. The maximum Gasteiger partial charge on any atom is 0.0320 e. The molecule has 2 nitrogen and oxygen atoms in total. The third-order valence-corrected chi connectivity index (χ3v) is 4.89. The molecule has 1 heterocycles. The van der Waals surface area contributed by atoms with E-state index in [0.717, 1.165) is 12.5 Å². The predicted molar refractivity (Wildman–Crippen MR) is 91.3 cm³/mol. The zero-order valence-corrected chi connectivity index (χ0v) is 14.2. The zero-order valence-electron chi connectivity index (χ0n) is 14.2. The van der Waals surface area contributed by atoms with Crippen molar-refractivity contribution in [3.8, 4) is 0 Å². The maximum atomic E-state index is 6.11. The van der Waals surface area contributed by atoms with E-state index in [-0.39, 0.29) is 0 Å². The summed E-state index contributed by atoms with van der Waals surface area (Å²) in [5, 5.41) is 0. The van der Waals surface area contributed by atoms with Crippen LogP contribution in [0.25, 0.3) is 0 Å². The van der Waals surface area contributed by atoms with E-state index in [0.29, 0.717) is 18.0 Å². The first-order valence-corrected chi connectivity index (χ1v) is 8.56. The van der Waals surface area contributed by atoms with Crippen LogP contribution in [-0.4, -0.2) is 24.0 Å². The van der Waals surface area contributed by atoms with Crippen LogP contribution >= 0.6 is 0 Å². The van der Waals surface area contributed by atoms with E-state index in [2.05, 4.69) is 56.9 Å². The first-order valence-electron chi connectivity index (χ1n) is 8.56. The number of rotatable bonds is 5. The van der Waals surface area contributed by atoms with Crippen molar-refractivity contribution in [1.82, 2.24) is 4.90 Å². The molecular weight excluding hydrogens is 256 g/mol. The Balaban J connectivity index is 2.00. The molecule has 1 aromatic carbocycles. The second kappa shape index (κ2) is 7.42. The van der Waals surface area contributed by atoms with E-state index in [1.807, 2.05) is 0 Å². The van der Waals surface area contributed by atoms with Gasteiger partial charge in [-0.1, -0.05) is 38.1 Å². The van der Waals surface area contributed by atoms with E-state index >= 15 is 0 Å². The molecule has 0 radical (unpaired) electrons. The predicted octanol–water partition coefficient (Wildman–Crippen LogP) is 4.01. The fourth-order valence-corrected chi connectivity index (χ4v) is 3.44. The second-order valence-corrected chi connectivity index (χ2v) is 7.27. The second-order valence-electron chi connectivity index (χ2n) is 7.27. The summed E-state index contributed by atoms with van der Waals surface area (Å²) < 4.78 is 0. The number of hydrogen-bond acceptors (Lipinski definition) is 2. The van der Waals surface area contributed by atoms with Crippen molar-refractivity contribution in [2.75, 3.05) is 13.1 Å². The molecule has 0 aromatic heterocycles. The van der Waals surface area contributed by atoms with E-state index in [4.69, 9.17) is 5.73 Å². The van der Waals surface area contributed by atoms with Crippen LogP contribution in [0.1, 0.15) is 57.7 Å². The van der Waals surface area contributed by atoms with Crippen LogP contribution in [0.2, 0.25) is 0 Å². The summed E-state index contributed by atoms with van der Waals surface area (Å²) in [6, 6.07) is 10.1. The van der Waals surface area contributed by atoms with E-state index in [1.165, 1.54) is 36.9 Å². The number of likely N-dealkylation sites (tertiary alicyclic amines) is 1. The molecular formula is C19H32N2. The SMILES string of the molecule is CC(C)Cc1ccc(C(C)N2CCCC(C(C)N)C2)cc1. The Morgan fingerprint density at radius 2 is 1.81 bits per heavy atom. The van der Waals surface area contributed by atoms with Gasteiger partial charge in [-0.15, -0.1) is 0 Å². The molecule has 3 unspecified atom stereocenters.